The molecule has 0 aliphatic heterocycles. The minimum absolute atomic E-state index is 0.265. The Balaban J connectivity index is 2.01. The second kappa shape index (κ2) is 4.06. The molecule has 0 atom stereocenters. The van der Waals surface area contributed by atoms with Gasteiger partial charge in [-0.15, -0.1) is 0 Å². The van der Waals surface area contributed by atoms with E-state index in [-0.39, 0.29) is 11.2 Å². The molecular formula is C12H10N4O2. The summed E-state index contributed by atoms with van der Waals surface area (Å²) in [4.78, 5) is 18.5. The first-order valence-electron chi connectivity index (χ1n) is 5.49. The number of aromatic amines is 1. The van der Waals surface area contributed by atoms with Crippen molar-refractivity contribution in [2.75, 3.05) is 0 Å². The second-order valence-corrected chi connectivity index (χ2v) is 4.11. The van der Waals surface area contributed by atoms with Gasteiger partial charge in [-0.05, 0) is 22.8 Å². The Hall–Kier alpha value is -2.50. The lowest BCUT2D eigenvalue weighted by atomic mass is 10.1. The van der Waals surface area contributed by atoms with Crippen molar-refractivity contribution in [3.63, 3.8) is 0 Å². The topological polar surface area (TPSA) is 84.7 Å². The molecule has 6 heteroatoms. The van der Waals surface area contributed by atoms with Gasteiger partial charge in [-0.25, -0.2) is 9.61 Å². The molecule has 0 saturated carbocycles. The zero-order valence-electron chi connectivity index (χ0n) is 9.67. The number of aromatic nitrogens is 4. The van der Waals surface area contributed by atoms with Crippen LogP contribution in [0.1, 0.15) is 16.8 Å². The standard InChI is InChI=1S/C12H10N4O2/c1-7-2-4-8(5-3-7)6-9-12(17)14-11-10(13-9)15-18-16-11/h2-5H,6H2,1H3,(H,14,16,17). The molecule has 0 aliphatic rings. The van der Waals surface area contributed by atoms with Crippen molar-refractivity contribution in [2.45, 2.75) is 13.3 Å². The normalized spacial score (nSPS) is 10.9. The van der Waals surface area contributed by atoms with Crippen LogP contribution < -0.4 is 5.56 Å². The van der Waals surface area contributed by atoms with Gasteiger partial charge in [0.05, 0.1) is 0 Å². The summed E-state index contributed by atoms with van der Waals surface area (Å²) in [5.74, 6) is 0. The van der Waals surface area contributed by atoms with Crippen LogP contribution in [0.15, 0.2) is 33.7 Å². The van der Waals surface area contributed by atoms with Crippen LogP contribution in [-0.2, 0) is 6.42 Å². The first-order valence-corrected chi connectivity index (χ1v) is 5.49. The molecule has 1 N–H and O–H groups in total. The van der Waals surface area contributed by atoms with Crippen LogP contribution in [0.4, 0.5) is 0 Å². The van der Waals surface area contributed by atoms with Gasteiger partial charge < -0.3 is 0 Å². The summed E-state index contributed by atoms with van der Waals surface area (Å²) in [6.45, 7) is 2.02. The number of hydrogen-bond donors (Lipinski definition) is 1. The number of aryl methyl sites for hydroxylation is 1. The summed E-state index contributed by atoms with van der Waals surface area (Å²) in [6.07, 6.45) is 0.457. The number of H-pyrrole nitrogens is 1. The van der Waals surface area contributed by atoms with Crippen molar-refractivity contribution in [1.29, 1.82) is 0 Å². The number of nitrogens with one attached hydrogen (secondary N) is 1. The second-order valence-electron chi connectivity index (χ2n) is 4.11. The van der Waals surface area contributed by atoms with E-state index in [1.165, 1.54) is 5.56 Å². The number of benzene rings is 1. The van der Waals surface area contributed by atoms with Gasteiger partial charge in [0.15, 0.2) is 0 Å². The van der Waals surface area contributed by atoms with E-state index < -0.39 is 0 Å². The Kier molecular flexibility index (Phi) is 2.40. The van der Waals surface area contributed by atoms with Gasteiger partial charge in [0.25, 0.3) is 5.56 Å². The lowest BCUT2D eigenvalue weighted by molar-refractivity contribution is 0.314. The van der Waals surface area contributed by atoms with Gasteiger partial charge in [0, 0.05) is 6.42 Å². The molecule has 0 spiro atoms. The van der Waals surface area contributed by atoms with Gasteiger partial charge in [-0.2, -0.15) is 0 Å². The molecule has 90 valence electrons. The van der Waals surface area contributed by atoms with E-state index in [1.54, 1.807) is 0 Å². The third-order valence-corrected chi connectivity index (χ3v) is 2.70. The van der Waals surface area contributed by atoms with Crippen LogP contribution in [0.2, 0.25) is 0 Å². The average Bonchev–Trinajstić information content (AvgIpc) is 2.79. The van der Waals surface area contributed by atoms with Crippen LogP contribution in [0.3, 0.4) is 0 Å². The van der Waals surface area contributed by atoms with E-state index in [2.05, 4.69) is 24.9 Å². The van der Waals surface area contributed by atoms with Gasteiger partial charge in [0.2, 0.25) is 11.3 Å². The predicted molar refractivity (Wildman–Crippen MR) is 64.2 cm³/mol. The summed E-state index contributed by atoms with van der Waals surface area (Å²) in [7, 11) is 0. The third-order valence-electron chi connectivity index (χ3n) is 2.70. The Morgan fingerprint density at radius 2 is 2.00 bits per heavy atom. The number of nitrogens with zero attached hydrogens (tertiary/aromatic N) is 3. The van der Waals surface area contributed by atoms with Crippen molar-refractivity contribution in [3.05, 3.63) is 51.4 Å². The minimum atomic E-state index is -0.265. The highest BCUT2D eigenvalue weighted by atomic mass is 16.6. The fraction of sp³-hybridized carbons (Fsp3) is 0.167. The summed E-state index contributed by atoms with van der Waals surface area (Å²) in [6, 6.07) is 7.95. The Labute approximate surface area is 102 Å². The molecule has 0 radical (unpaired) electrons. The molecule has 0 saturated heterocycles. The zero-order valence-corrected chi connectivity index (χ0v) is 9.67. The van der Waals surface area contributed by atoms with E-state index >= 15 is 0 Å². The highest BCUT2D eigenvalue weighted by molar-refractivity contribution is 5.62. The maximum absolute atomic E-state index is 11.8. The number of hydrogen-bond acceptors (Lipinski definition) is 5. The van der Waals surface area contributed by atoms with E-state index in [0.29, 0.717) is 17.8 Å². The maximum atomic E-state index is 11.8. The fourth-order valence-corrected chi connectivity index (χ4v) is 1.71. The van der Waals surface area contributed by atoms with Crippen LogP contribution in [0.25, 0.3) is 11.3 Å². The van der Waals surface area contributed by atoms with Gasteiger partial charge in [-0.1, -0.05) is 29.8 Å². The van der Waals surface area contributed by atoms with Crippen LogP contribution >= 0.6 is 0 Å². The predicted octanol–water partition coefficient (Wildman–Crippen LogP) is 1.21. The molecule has 0 fully saturated rings. The molecule has 2 aromatic heterocycles. The van der Waals surface area contributed by atoms with Crippen molar-refractivity contribution in [2.24, 2.45) is 0 Å². The van der Waals surface area contributed by atoms with Crippen LogP contribution in [0, 0.1) is 6.92 Å². The van der Waals surface area contributed by atoms with Crippen molar-refractivity contribution in [3.8, 4) is 0 Å². The largest absolute Gasteiger partial charge is 0.299 e. The summed E-state index contributed by atoms with van der Waals surface area (Å²) in [5.41, 5.74) is 2.93. The van der Waals surface area contributed by atoms with Crippen molar-refractivity contribution < 1.29 is 4.63 Å². The molecule has 0 bridgehead atoms. The summed E-state index contributed by atoms with van der Waals surface area (Å²) < 4.78 is 4.51. The smallest absolute Gasteiger partial charge is 0.271 e. The lowest BCUT2D eigenvalue weighted by Crippen LogP contribution is -2.15. The molecule has 6 nitrogen and oxygen atoms in total. The van der Waals surface area contributed by atoms with Gasteiger partial charge >= 0.3 is 0 Å². The SMILES string of the molecule is Cc1ccc(Cc2nc3nonc3[nH]c2=O)cc1. The summed E-state index contributed by atoms with van der Waals surface area (Å²) in [5, 5.41) is 7.14. The molecule has 1 aromatic carbocycles. The van der Waals surface area contributed by atoms with Crippen LogP contribution in [-0.4, -0.2) is 20.3 Å². The van der Waals surface area contributed by atoms with Crippen molar-refractivity contribution in [1.82, 2.24) is 20.3 Å². The maximum Gasteiger partial charge on any atom is 0.271 e. The van der Waals surface area contributed by atoms with E-state index in [9.17, 15) is 4.79 Å². The Morgan fingerprint density at radius 1 is 1.22 bits per heavy atom. The Morgan fingerprint density at radius 3 is 2.78 bits per heavy atom. The van der Waals surface area contributed by atoms with Crippen LogP contribution in [0.5, 0.6) is 0 Å². The van der Waals surface area contributed by atoms with E-state index in [0.717, 1.165) is 5.56 Å². The molecule has 0 unspecified atom stereocenters. The molecule has 2 heterocycles. The monoisotopic (exact) mass is 242 g/mol. The Bertz CT molecular complexity index is 743. The minimum Gasteiger partial charge on any atom is -0.299 e. The average molecular weight is 242 g/mol. The van der Waals surface area contributed by atoms with E-state index in [4.69, 9.17) is 0 Å². The molecule has 0 aliphatic carbocycles. The highest BCUT2D eigenvalue weighted by Crippen LogP contribution is 2.08. The molecular weight excluding hydrogens is 232 g/mol. The molecule has 18 heavy (non-hydrogen) atoms. The number of rotatable bonds is 2. The zero-order chi connectivity index (χ0) is 12.5. The lowest BCUT2D eigenvalue weighted by Gasteiger charge is -2.00. The molecule has 3 aromatic rings. The highest BCUT2D eigenvalue weighted by Gasteiger charge is 2.09. The quantitative estimate of drug-likeness (QED) is 0.730. The summed E-state index contributed by atoms with van der Waals surface area (Å²) >= 11 is 0. The van der Waals surface area contributed by atoms with Gasteiger partial charge in [0.1, 0.15) is 5.69 Å². The molecule has 3 rings (SSSR count). The van der Waals surface area contributed by atoms with E-state index in [1.807, 2.05) is 31.2 Å². The van der Waals surface area contributed by atoms with Gasteiger partial charge in [-0.3, -0.25) is 9.78 Å². The first-order chi connectivity index (χ1) is 8.72. The molecule has 0 amide bonds. The first kappa shape index (κ1) is 10.6. The third kappa shape index (κ3) is 1.88. The fourth-order valence-electron chi connectivity index (χ4n) is 1.71. The van der Waals surface area contributed by atoms with Crippen molar-refractivity contribution >= 4 is 11.3 Å². The number of fused-ring (bicyclic) bond motifs is 1.